The SMILES string of the molecule is Cn1c2ccccc2c2cc(/C=C/Cc3ccccc3)ccc21. The first kappa shape index (κ1) is 13.8. The smallest absolute Gasteiger partial charge is 0.0489 e. The third-order valence-electron chi connectivity index (χ3n) is 4.44. The summed E-state index contributed by atoms with van der Waals surface area (Å²) in [5, 5.41) is 2.65. The van der Waals surface area contributed by atoms with Gasteiger partial charge in [0.2, 0.25) is 0 Å². The molecule has 112 valence electrons. The van der Waals surface area contributed by atoms with Crippen molar-refractivity contribution in [3.05, 3.63) is 90.0 Å². The van der Waals surface area contributed by atoms with Crippen molar-refractivity contribution >= 4 is 27.9 Å². The molecule has 0 saturated carbocycles. The monoisotopic (exact) mass is 297 g/mol. The van der Waals surface area contributed by atoms with Crippen LogP contribution >= 0.6 is 0 Å². The van der Waals surface area contributed by atoms with E-state index in [-0.39, 0.29) is 0 Å². The van der Waals surface area contributed by atoms with Crippen LogP contribution in [0.1, 0.15) is 11.1 Å². The van der Waals surface area contributed by atoms with Crippen molar-refractivity contribution in [3.63, 3.8) is 0 Å². The van der Waals surface area contributed by atoms with Crippen LogP contribution in [0.5, 0.6) is 0 Å². The quantitative estimate of drug-likeness (QED) is 0.464. The molecule has 0 amide bonds. The van der Waals surface area contributed by atoms with Gasteiger partial charge in [0.15, 0.2) is 0 Å². The molecule has 1 heteroatoms. The number of fused-ring (bicyclic) bond motifs is 3. The molecular formula is C22H19N. The highest BCUT2D eigenvalue weighted by atomic mass is 14.9. The van der Waals surface area contributed by atoms with Gasteiger partial charge in [-0.15, -0.1) is 0 Å². The molecule has 4 aromatic rings. The van der Waals surface area contributed by atoms with Crippen LogP contribution in [0.25, 0.3) is 27.9 Å². The van der Waals surface area contributed by atoms with Gasteiger partial charge in [0.05, 0.1) is 0 Å². The van der Waals surface area contributed by atoms with Gasteiger partial charge in [0.25, 0.3) is 0 Å². The highest BCUT2D eigenvalue weighted by Crippen LogP contribution is 2.28. The second-order valence-electron chi connectivity index (χ2n) is 5.94. The molecule has 0 unspecified atom stereocenters. The lowest BCUT2D eigenvalue weighted by atomic mass is 10.1. The normalized spacial score (nSPS) is 11.7. The van der Waals surface area contributed by atoms with Crippen molar-refractivity contribution < 1.29 is 0 Å². The van der Waals surface area contributed by atoms with Crippen LogP contribution in [0.2, 0.25) is 0 Å². The van der Waals surface area contributed by atoms with Crippen molar-refractivity contribution in [2.75, 3.05) is 0 Å². The summed E-state index contributed by atoms with van der Waals surface area (Å²) in [6.45, 7) is 0. The fraction of sp³-hybridized carbons (Fsp3) is 0.0909. The average Bonchev–Trinajstić information content (AvgIpc) is 2.89. The Morgan fingerprint density at radius 1 is 0.783 bits per heavy atom. The molecule has 3 aromatic carbocycles. The number of benzene rings is 3. The van der Waals surface area contributed by atoms with Gasteiger partial charge in [-0.2, -0.15) is 0 Å². The van der Waals surface area contributed by atoms with Crippen molar-refractivity contribution in [2.45, 2.75) is 6.42 Å². The molecule has 0 atom stereocenters. The maximum Gasteiger partial charge on any atom is 0.0489 e. The van der Waals surface area contributed by atoms with Crippen molar-refractivity contribution in [3.8, 4) is 0 Å². The molecule has 0 fully saturated rings. The van der Waals surface area contributed by atoms with E-state index in [0.717, 1.165) is 6.42 Å². The summed E-state index contributed by atoms with van der Waals surface area (Å²) >= 11 is 0. The fourth-order valence-electron chi connectivity index (χ4n) is 3.23. The number of hydrogen-bond donors (Lipinski definition) is 0. The summed E-state index contributed by atoms with van der Waals surface area (Å²) in [5.74, 6) is 0. The standard InChI is InChI=1S/C22H19N/c1-23-21-13-6-5-12-19(21)20-16-18(14-15-22(20)23)11-7-10-17-8-3-2-4-9-17/h2-9,11-16H,10H2,1H3/b11-7+. The number of aryl methyl sites for hydroxylation is 1. The van der Waals surface area contributed by atoms with Crippen LogP contribution < -0.4 is 0 Å². The van der Waals surface area contributed by atoms with Gasteiger partial charge in [-0.05, 0) is 35.7 Å². The Hall–Kier alpha value is -2.80. The van der Waals surface area contributed by atoms with Gasteiger partial charge in [-0.3, -0.25) is 0 Å². The Morgan fingerprint density at radius 2 is 1.52 bits per heavy atom. The zero-order valence-corrected chi connectivity index (χ0v) is 13.2. The summed E-state index contributed by atoms with van der Waals surface area (Å²) < 4.78 is 2.27. The van der Waals surface area contributed by atoms with Gasteiger partial charge >= 0.3 is 0 Å². The van der Waals surface area contributed by atoms with E-state index >= 15 is 0 Å². The maximum absolute atomic E-state index is 2.29. The Balaban J connectivity index is 1.70. The van der Waals surface area contributed by atoms with Gasteiger partial charge in [0, 0.05) is 28.9 Å². The number of nitrogens with zero attached hydrogens (tertiary/aromatic N) is 1. The summed E-state index contributed by atoms with van der Waals surface area (Å²) in [4.78, 5) is 0. The zero-order chi connectivity index (χ0) is 15.6. The third-order valence-corrected chi connectivity index (χ3v) is 4.44. The van der Waals surface area contributed by atoms with Gasteiger partial charge < -0.3 is 4.57 Å². The van der Waals surface area contributed by atoms with E-state index in [1.165, 1.54) is 32.9 Å². The number of rotatable bonds is 3. The van der Waals surface area contributed by atoms with E-state index in [1.54, 1.807) is 0 Å². The van der Waals surface area contributed by atoms with E-state index in [2.05, 4.69) is 96.6 Å². The lowest BCUT2D eigenvalue weighted by Gasteiger charge is -1.99. The van der Waals surface area contributed by atoms with Crippen LogP contribution in [0.4, 0.5) is 0 Å². The lowest BCUT2D eigenvalue weighted by Crippen LogP contribution is -1.85. The molecule has 0 aliphatic rings. The number of aromatic nitrogens is 1. The van der Waals surface area contributed by atoms with Crippen LogP contribution in [-0.2, 0) is 13.5 Å². The topological polar surface area (TPSA) is 4.93 Å². The largest absolute Gasteiger partial charge is 0.344 e. The third kappa shape index (κ3) is 2.55. The molecule has 4 rings (SSSR count). The molecule has 0 N–H and O–H groups in total. The first-order valence-electron chi connectivity index (χ1n) is 8.00. The first-order chi connectivity index (χ1) is 11.3. The average molecular weight is 297 g/mol. The Bertz CT molecular complexity index is 991. The predicted octanol–water partition coefficient (Wildman–Crippen LogP) is 5.59. The molecule has 1 heterocycles. The van der Waals surface area contributed by atoms with E-state index in [4.69, 9.17) is 0 Å². The van der Waals surface area contributed by atoms with E-state index < -0.39 is 0 Å². The molecule has 0 aliphatic heterocycles. The van der Waals surface area contributed by atoms with Crippen molar-refractivity contribution in [1.82, 2.24) is 4.57 Å². The summed E-state index contributed by atoms with van der Waals surface area (Å²) in [6.07, 6.45) is 5.42. The molecule has 0 aliphatic carbocycles. The molecule has 23 heavy (non-hydrogen) atoms. The number of hydrogen-bond acceptors (Lipinski definition) is 0. The van der Waals surface area contributed by atoms with Crippen LogP contribution in [-0.4, -0.2) is 4.57 Å². The molecule has 0 spiro atoms. The molecule has 1 aromatic heterocycles. The van der Waals surface area contributed by atoms with Gasteiger partial charge in [-0.1, -0.05) is 66.7 Å². The minimum absolute atomic E-state index is 0.967. The van der Waals surface area contributed by atoms with E-state index in [1.807, 2.05) is 0 Å². The molecular weight excluding hydrogens is 278 g/mol. The molecule has 0 radical (unpaired) electrons. The number of para-hydroxylation sites is 1. The zero-order valence-electron chi connectivity index (χ0n) is 13.2. The molecule has 0 bridgehead atoms. The van der Waals surface area contributed by atoms with E-state index in [9.17, 15) is 0 Å². The minimum atomic E-state index is 0.967. The van der Waals surface area contributed by atoms with Gasteiger partial charge in [0.1, 0.15) is 0 Å². The van der Waals surface area contributed by atoms with E-state index in [0.29, 0.717) is 0 Å². The van der Waals surface area contributed by atoms with Crippen LogP contribution in [0.3, 0.4) is 0 Å². The summed E-state index contributed by atoms with van der Waals surface area (Å²) in [7, 11) is 2.13. The Morgan fingerprint density at radius 3 is 2.39 bits per heavy atom. The number of allylic oxidation sites excluding steroid dienone is 1. The van der Waals surface area contributed by atoms with Crippen molar-refractivity contribution in [2.24, 2.45) is 7.05 Å². The fourth-order valence-corrected chi connectivity index (χ4v) is 3.23. The second-order valence-corrected chi connectivity index (χ2v) is 5.94. The molecule has 0 saturated heterocycles. The summed E-state index contributed by atoms with van der Waals surface area (Å²) in [5.41, 5.74) is 5.17. The minimum Gasteiger partial charge on any atom is -0.344 e. The van der Waals surface area contributed by atoms with Gasteiger partial charge in [-0.25, -0.2) is 0 Å². The predicted molar refractivity (Wildman–Crippen MR) is 99.6 cm³/mol. The second kappa shape index (κ2) is 5.77. The van der Waals surface area contributed by atoms with Crippen LogP contribution in [0, 0.1) is 0 Å². The Kier molecular flexibility index (Phi) is 3.47. The first-order valence-corrected chi connectivity index (χ1v) is 8.00. The molecule has 1 nitrogen and oxygen atoms in total. The van der Waals surface area contributed by atoms with Crippen molar-refractivity contribution in [1.29, 1.82) is 0 Å². The summed E-state index contributed by atoms with van der Waals surface area (Å²) in [6, 6.07) is 25.9. The lowest BCUT2D eigenvalue weighted by molar-refractivity contribution is 1.01. The highest BCUT2D eigenvalue weighted by Gasteiger charge is 2.07. The maximum atomic E-state index is 2.29. The van der Waals surface area contributed by atoms with Crippen LogP contribution in [0.15, 0.2) is 78.9 Å². The highest BCUT2D eigenvalue weighted by molar-refractivity contribution is 6.08. The Labute approximate surface area is 136 Å².